The lowest BCUT2D eigenvalue weighted by Crippen LogP contribution is -2.14. The Kier molecular flexibility index (Phi) is 5.18. The van der Waals surface area contributed by atoms with Crippen molar-refractivity contribution in [2.45, 2.75) is 13.3 Å². The maximum atomic E-state index is 12.1. The molecule has 24 heavy (non-hydrogen) atoms. The van der Waals surface area contributed by atoms with E-state index in [1.54, 1.807) is 6.20 Å². The van der Waals surface area contributed by atoms with Crippen LogP contribution in [0.4, 0.5) is 5.69 Å². The summed E-state index contributed by atoms with van der Waals surface area (Å²) in [5, 5.41) is 6.73. The molecule has 1 N–H and O–H groups in total. The fraction of sp³-hybridized carbons (Fsp3) is 0.167. The molecule has 2 aromatic carbocycles. The van der Waals surface area contributed by atoms with E-state index in [-0.39, 0.29) is 5.91 Å². The minimum absolute atomic E-state index is 0.0497. The number of anilines is 1. The van der Waals surface area contributed by atoms with Crippen LogP contribution in [0.3, 0.4) is 0 Å². The third-order valence-electron chi connectivity index (χ3n) is 3.41. The molecular formula is C18H17N3O2S. The zero-order valence-electron chi connectivity index (χ0n) is 13.2. The molecule has 6 heteroatoms. The number of carbonyl (C=O) groups excluding carboxylic acids is 1. The zero-order valence-corrected chi connectivity index (χ0v) is 14.0. The van der Waals surface area contributed by atoms with Crippen molar-refractivity contribution >= 4 is 23.1 Å². The van der Waals surface area contributed by atoms with Crippen LogP contribution in [0.5, 0.6) is 5.75 Å². The van der Waals surface area contributed by atoms with Gasteiger partial charge < -0.3 is 10.1 Å². The minimum Gasteiger partial charge on any atom is -0.494 e. The molecule has 0 bridgehead atoms. The molecule has 0 aliphatic heterocycles. The zero-order chi connectivity index (χ0) is 16.8. The molecule has 1 amide bonds. The van der Waals surface area contributed by atoms with Crippen molar-refractivity contribution in [1.29, 1.82) is 0 Å². The van der Waals surface area contributed by atoms with Crippen molar-refractivity contribution in [3.8, 4) is 16.2 Å². The lowest BCUT2D eigenvalue weighted by atomic mass is 10.1. The number of benzene rings is 2. The molecule has 0 spiro atoms. The first-order valence-electron chi connectivity index (χ1n) is 7.64. The van der Waals surface area contributed by atoms with Gasteiger partial charge >= 0.3 is 0 Å². The lowest BCUT2D eigenvalue weighted by molar-refractivity contribution is -0.115. The van der Waals surface area contributed by atoms with Gasteiger partial charge in [-0.2, -0.15) is 0 Å². The van der Waals surface area contributed by atoms with Gasteiger partial charge in [-0.3, -0.25) is 4.79 Å². The molecule has 122 valence electrons. The molecule has 3 rings (SSSR count). The fourth-order valence-corrected chi connectivity index (χ4v) is 2.79. The molecule has 1 aromatic heterocycles. The van der Waals surface area contributed by atoms with Crippen molar-refractivity contribution < 1.29 is 9.53 Å². The van der Waals surface area contributed by atoms with E-state index < -0.39 is 0 Å². The topological polar surface area (TPSA) is 64.1 Å². The predicted molar refractivity (Wildman–Crippen MR) is 95.3 cm³/mol. The fourth-order valence-electron chi connectivity index (χ4n) is 2.27. The third-order valence-corrected chi connectivity index (χ3v) is 4.13. The second kappa shape index (κ2) is 7.70. The summed E-state index contributed by atoms with van der Waals surface area (Å²) in [6.07, 6.45) is 2.05. The van der Waals surface area contributed by atoms with Crippen LogP contribution in [0.25, 0.3) is 10.4 Å². The molecule has 0 aliphatic rings. The van der Waals surface area contributed by atoms with E-state index in [1.165, 1.54) is 11.5 Å². The average molecular weight is 339 g/mol. The molecule has 0 saturated heterocycles. The Labute approximate surface area is 144 Å². The summed E-state index contributed by atoms with van der Waals surface area (Å²) in [4.78, 5) is 13.1. The van der Waals surface area contributed by atoms with Crippen LogP contribution in [0.2, 0.25) is 0 Å². The summed E-state index contributed by atoms with van der Waals surface area (Å²) in [7, 11) is 0. The smallest absolute Gasteiger partial charge is 0.228 e. The highest BCUT2D eigenvalue weighted by atomic mass is 32.1. The predicted octanol–water partition coefficient (Wildman–Crippen LogP) is 3.79. The molecule has 0 fully saturated rings. The summed E-state index contributed by atoms with van der Waals surface area (Å²) < 4.78 is 9.24. The second-order valence-corrected chi connectivity index (χ2v) is 5.95. The first-order valence-corrected chi connectivity index (χ1v) is 8.41. The lowest BCUT2D eigenvalue weighted by Gasteiger charge is -2.07. The number of carbonyl (C=O) groups is 1. The van der Waals surface area contributed by atoms with Gasteiger partial charge in [0.15, 0.2) is 0 Å². The number of hydrogen-bond donors (Lipinski definition) is 1. The first kappa shape index (κ1) is 16.1. The number of rotatable bonds is 6. The van der Waals surface area contributed by atoms with E-state index in [2.05, 4.69) is 14.9 Å². The number of amides is 1. The average Bonchev–Trinajstić information content (AvgIpc) is 3.12. The van der Waals surface area contributed by atoms with E-state index in [4.69, 9.17) is 4.74 Å². The van der Waals surface area contributed by atoms with Crippen molar-refractivity contribution in [3.05, 3.63) is 60.3 Å². The van der Waals surface area contributed by atoms with Crippen molar-refractivity contribution in [3.63, 3.8) is 0 Å². The number of nitrogens with zero attached hydrogens (tertiary/aromatic N) is 2. The molecule has 0 atom stereocenters. The van der Waals surface area contributed by atoms with Crippen LogP contribution < -0.4 is 10.1 Å². The van der Waals surface area contributed by atoms with Crippen molar-refractivity contribution in [1.82, 2.24) is 9.59 Å². The van der Waals surface area contributed by atoms with E-state index in [1.807, 2.05) is 55.5 Å². The van der Waals surface area contributed by atoms with Crippen molar-refractivity contribution in [2.75, 3.05) is 11.9 Å². The van der Waals surface area contributed by atoms with Crippen LogP contribution in [-0.2, 0) is 11.2 Å². The maximum Gasteiger partial charge on any atom is 0.228 e. The number of aromatic nitrogens is 2. The summed E-state index contributed by atoms with van der Waals surface area (Å²) >= 11 is 1.34. The van der Waals surface area contributed by atoms with Gasteiger partial charge in [0, 0.05) is 5.69 Å². The quantitative estimate of drug-likeness (QED) is 0.742. The molecule has 3 aromatic rings. The first-order chi connectivity index (χ1) is 11.7. The van der Waals surface area contributed by atoms with Crippen LogP contribution in [-0.4, -0.2) is 22.1 Å². The van der Waals surface area contributed by atoms with E-state index in [0.29, 0.717) is 13.0 Å². The SMILES string of the molecule is CCOc1ccc(CC(=O)Nc2ccc(-c3cnns3)cc2)cc1. The number of nitrogens with one attached hydrogen (secondary N) is 1. The largest absolute Gasteiger partial charge is 0.494 e. The Morgan fingerprint density at radius 3 is 2.50 bits per heavy atom. The molecule has 0 aliphatic carbocycles. The molecule has 0 unspecified atom stereocenters. The van der Waals surface area contributed by atoms with E-state index in [0.717, 1.165) is 27.4 Å². The molecule has 5 nitrogen and oxygen atoms in total. The van der Waals surface area contributed by atoms with Gasteiger partial charge in [0.1, 0.15) is 5.75 Å². The highest BCUT2D eigenvalue weighted by molar-refractivity contribution is 7.09. The van der Waals surface area contributed by atoms with E-state index >= 15 is 0 Å². The Balaban J connectivity index is 1.58. The van der Waals surface area contributed by atoms with Gasteiger partial charge in [-0.1, -0.05) is 28.8 Å². The molecular weight excluding hydrogens is 322 g/mol. The van der Waals surface area contributed by atoms with Crippen LogP contribution >= 0.6 is 11.5 Å². The maximum absolute atomic E-state index is 12.1. The van der Waals surface area contributed by atoms with Crippen LogP contribution in [0.1, 0.15) is 12.5 Å². The Morgan fingerprint density at radius 1 is 1.12 bits per heavy atom. The summed E-state index contributed by atoms with van der Waals surface area (Å²) in [5.41, 5.74) is 2.75. The van der Waals surface area contributed by atoms with Gasteiger partial charge in [0.05, 0.1) is 24.1 Å². The Bertz CT molecular complexity index is 784. The monoisotopic (exact) mass is 339 g/mol. The summed E-state index contributed by atoms with van der Waals surface area (Å²) in [6.45, 7) is 2.57. The number of hydrogen-bond acceptors (Lipinski definition) is 5. The molecule has 0 radical (unpaired) electrons. The summed E-state index contributed by atoms with van der Waals surface area (Å²) in [6, 6.07) is 15.2. The standard InChI is InChI=1S/C18H17N3O2S/c1-2-23-16-9-3-13(4-10-16)11-18(22)20-15-7-5-14(6-8-15)17-12-19-21-24-17/h3-10,12H,2,11H2,1H3,(H,20,22). The highest BCUT2D eigenvalue weighted by Crippen LogP contribution is 2.23. The highest BCUT2D eigenvalue weighted by Gasteiger charge is 2.06. The Morgan fingerprint density at radius 2 is 1.88 bits per heavy atom. The van der Waals surface area contributed by atoms with E-state index in [9.17, 15) is 4.79 Å². The van der Waals surface area contributed by atoms with Gasteiger partial charge in [-0.05, 0) is 53.8 Å². The Hall–Kier alpha value is -2.73. The van der Waals surface area contributed by atoms with Gasteiger partial charge in [0.25, 0.3) is 0 Å². The van der Waals surface area contributed by atoms with Crippen molar-refractivity contribution in [2.24, 2.45) is 0 Å². The minimum atomic E-state index is -0.0497. The van der Waals surface area contributed by atoms with Gasteiger partial charge in [-0.15, -0.1) is 5.10 Å². The summed E-state index contributed by atoms with van der Waals surface area (Å²) in [5.74, 6) is 0.765. The van der Waals surface area contributed by atoms with Crippen LogP contribution in [0.15, 0.2) is 54.7 Å². The van der Waals surface area contributed by atoms with Gasteiger partial charge in [0.2, 0.25) is 5.91 Å². The van der Waals surface area contributed by atoms with Crippen LogP contribution in [0, 0.1) is 0 Å². The third kappa shape index (κ3) is 4.17. The normalized spacial score (nSPS) is 10.4. The molecule has 0 saturated carbocycles. The van der Waals surface area contributed by atoms with Gasteiger partial charge in [-0.25, -0.2) is 0 Å². The second-order valence-electron chi connectivity index (χ2n) is 5.16. The number of ether oxygens (including phenoxy) is 1. The molecule has 1 heterocycles.